The number of nitrogens with one attached hydrogen (secondary N) is 1. The average Bonchev–Trinajstić information content (AvgIpc) is 2.77. The first-order valence-electron chi connectivity index (χ1n) is 11.9. The second kappa shape index (κ2) is 16.1. The van der Waals surface area contributed by atoms with Crippen molar-refractivity contribution in [3.8, 4) is 0 Å². The van der Waals surface area contributed by atoms with Crippen molar-refractivity contribution in [3.05, 3.63) is 71.3 Å². The first-order chi connectivity index (χ1) is 15.3. The lowest BCUT2D eigenvalue weighted by Crippen LogP contribution is -2.29. The van der Waals surface area contributed by atoms with Gasteiger partial charge in [-0.3, -0.25) is 0 Å². The van der Waals surface area contributed by atoms with Gasteiger partial charge in [-0.25, -0.2) is 9.38 Å². The van der Waals surface area contributed by atoms with E-state index in [0.29, 0.717) is 18.3 Å². The van der Waals surface area contributed by atoms with Gasteiger partial charge in [0.1, 0.15) is 18.2 Å². The third-order valence-corrected chi connectivity index (χ3v) is 4.74. The van der Waals surface area contributed by atoms with Crippen molar-refractivity contribution >= 4 is 6.21 Å². The van der Waals surface area contributed by atoms with E-state index in [0.717, 1.165) is 41.8 Å². The molecule has 1 N–H and O–H groups in total. The summed E-state index contributed by atoms with van der Waals surface area (Å²) in [5.41, 5.74) is 3.68. The third-order valence-electron chi connectivity index (χ3n) is 4.74. The Labute approximate surface area is 196 Å². The maximum absolute atomic E-state index is 14.2. The monoisotopic (exact) mass is 445 g/mol. The van der Waals surface area contributed by atoms with Crippen LogP contribution in [0.15, 0.2) is 59.3 Å². The van der Waals surface area contributed by atoms with Crippen molar-refractivity contribution in [2.45, 2.75) is 80.7 Å². The SMILES string of the molecule is C=C(/N=C\C1=C(C)N(CC)C(=C)OC1)NC(C)c1ccc(CCC)c(F)c1.CC.CCC. The van der Waals surface area contributed by atoms with Gasteiger partial charge in [0, 0.05) is 24.0 Å². The van der Waals surface area contributed by atoms with Crippen LogP contribution >= 0.6 is 0 Å². The fourth-order valence-corrected chi connectivity index (χ4v) is 3.08. The first kappa shape index (κ1) is 29.4. The molecule has 2 rings (SSSR count). The second-order valence-corrected chi connectivity index (χ2v) is 7.42. The number of hydrogen-bond donors (Lipinski definition) is 1. The number of ether oxygens (including phenoxy) is 1. The molecule has 5 heteroatoms. The molecular formula is C27H44FN3O. The Balaban J connectivity index is 0.00000177. The number of aliphatic imine (C=N–C) groups is 1. The van der Waals surface area contributed by atoms with E-state index < -0.39 is 0 Å². The Morgan fingerprint density at radius 2 is 1.91 bits per heavy atom. The minimum Gasteiger partial charge on any atom is -0.474 e. The molecule has 0 aromatic heterocycles. The molecule has 180 valence electrons. The highest BCUT2D eigenvalue weighted by molar-refractivity contribution is 5.81. The lowest BCUT2D eigenvalue weighted by Gasteiger charge is -2.31. The molecule has 1 atom stereocenters. The number of hydrogen-bond acceptors (Lipinski definition) is 4. The van der Waals surface area contributed by atoms with E-state index in [1.165, 1.54) is 6.42 Å². The van der Waals surface area contributed by atoms with Crippen LogP contribution in [-0.4, -0.2) is 24.3 Å². The average molecular weight is 446 g/mol. The van der Waals surface area contributed by atoms with E-state index in [9.17, 15) is 4.39 Å². The maximum Gasteiger partial charge on any atom is 0.186 e. The van der Waals surface area contributed by atoms with Crippen LogP contribution in [0.4, 0.5) is 4.39 Å². The summed E-state index contributed by atoms with van der Waals surface area (Å²) in [5.74, 6) is 1.02. The molecule has 0 fully saturated rings. The number of aryl methyl sites for hydroxylation is 1. The smallest absolute Gasteiger partial charge is 0.186 e. The van der Waals surface area contributed by atoms with Gasteiger partial charge in [0.25, 0.3) is 0 Å². The van der Waals surface area contributed by atoms with Crippen molar-refractivity contribution in [1.29, 1.82) is 0 Å². The normalized spacial score (nSPS) is 14.2. The lowest BCUT2D eigenvalue weighted by atomic mass is 10.0. The highest BCUT2D eigenvalue weighted by Gasteiger charge is 2.18. The minimum absolute atomic E-state index is 0.0931. The number of rotatable bonds is 8. The zero-order valence-corrected chi connectivity index (χ0v) is 21.5. The van der Waals surface area contributed by atoms with Gasteiger partial charge >= 0.3 is 0 Å². The Hall–Kier alpha value is -2.56. The van der Waals surface area contributed by atoms with Crippen LogP contribution in [0, 0.1) is 5.82 Å². The molecule has 1 heterocycles. The van der Waals surface area contributed by atoms with E-state index in [2.05, 4.69) is 37.3 Å². The van der Waals surface area contributed by atoms with E-state index in [1.807, 2.05) is 58.6 Å². The van der Waals surface area contributed by atoms with Crippen LogP contribution in [0.5, 0.6) is 0 Å². The Bertz CT molecular complexity index is 783. The number of halogens is 1. The van der Waals surface area contributed by atoms with Gasteiger partial charge in [-0.1, -0.05) is 66.2 Å². The molecule has 0 spiro atoms. The highest BCUT2D eigenvalue weighted by Crippen LogP contribution is 2.22. The number of allylic oxidation sites excluding steroid dienone is 1. The van der Waals surface area contributed by atoms with Crippen molar-refractivity contribution in [2.24, 2.45) is 4.99 Å². The Kier molecular flexibility index (Phi) is 14.8. The number of nitrogens with zero attached hydrogens (tertiary/aromatic N) is 2. The zero-order chi connectivity index (χ0) is 24.7. The van der Waals surface area contributed by atoms with E-state index in [-0.39, 0.29) is 11.9 Å². The molecule has 32 heavy (non-hydrogen) atoms. The molecule has 0 amide bonds. The first-order valence-corrected chi connectivity index (χ1v) is 11.9. The second-order valence-electron chi connectivity index (χ2n) is 7.42. The summed E-state index contributed by atoms with van der Waals surface area (Å²) < 4.78 is 19.7. The molecule has 0 saturated heterocycles. The highest BCUT2D eigenvalue weighted by atomic mass is 19.1. The van der Waals surface area contributed by atoms with Crippen molar-refractivity contribution in [3.63, 3.8) is 0 Å². The molecule has 1 aromatic carbocycles. The summed E-state index contributed by atoms with van der Waals surface area (Å²) in [6.07, 6.45) is 4.69. The summed E-state index contributed by atoms with van der Waals surface area (Å²) in [6.45, 7) is 25.4. The molecule has 1 aliphatic rings. The standard InChI is InChI=1S/C22H30FN3O.C3H8.C2H6/c1-7-9-19-10-11-20(12-22(19)23)15(3)25-17(5)24-13-21-14-27-18(6)26(8-2)16(21)4;1-3-2;1-2/h10-13,15,25H,5-9,14H2,1-4H3;3H2,1-2H3;1-2H3/b24-13-;;. The Morgan fingerprint density at radius 1 is 1.28 bits per heavy atom. The molecule has 1 aromatic rings. The summed E-state index contributed by atoms with van der Waals surface area (Å²) >= 11 is 0. The summed E-state index contributed by atoms with van der Waals surface area (Å²) in [5, 5.41) is 3.21. The quantitative estimate of drug-likeness (QED) is 0.421. The predicted molar refractivity (Wildman–Crippen MR) is 137 cm³/mol. The van der Waals surface area contributed by atoms with Crippen molar-refractivity contribution < 1.29 is 9.13 Å². The molecule has 0 bridgehead atoms. The van der Waals surface area contributed by atoms with Crippen LogP contribution in [-0.2, 0) is 11.2 Å². The van der Waals surface area contributed by atoms with Gasteiger partial charge in [0.15, 0.2) is 5.88 Å². The topological polar surface area (TPSA) is 36.9 Å². The third kappa shape index (κ3) is 9.29. The fourth-order valence-electron chi connectivity index (χ4n) is 3.08. The van der Waals surface area contributed by atoms with Crippen molar-refractivity contribution in [1.82, 2.24) is 10.2 Å². The van der Waals surface area contributed by atoms with Crippen LogP contribution < -0.4 is 5.32 Å². The number of benzene rings is 1. The minimum atomic E-state index is -0.155. The van der Waals surface area contributed by atoms with Crippen molar-refractivity contribution in [2.75, 3.05) is 13.2 Å². The van der Waals surface area contributed by atoms with Crippen LogP contribution in [0.25, 0.3) is 0 Å². The van der Waals surface area contributed by atoms with Gasteiger partial charge in [-0.2, -0.15) is 0 Å². The van der Waals surface area contributed by atoms with Crippen LogP contribution in [0.3, 0.4) is 0 Å². The van der Waals surface area contributed by atoms with Crippen LogP contribution in [0.2, 0.25) is 0 Å². The lowest BCUT2D eigenvalue weighted by molar-refractivity contribution is 0.135. The summed E-state index contributed by atoms with van der Waals surface area (Å²) in [7, 11) is 0. The largest absolute Gasteiger partial charge is 0.474 e. The van der Waals surface area contributed by atoms with Gasteiger partial charge in [-0.05, 0) is 51.0 Å². The molecule has 0 radical (unpaired) electrons. The van der Waals surface area contributed by atoms with Gasteiger partial charge < -0.3 is 15.0 Å². The maximum atomic E-state index is 14.2. The fraction of sp³-hybridized carbons (Fsp3) is 0.519. The van der Waals surface area contributed by atoms with E-state index >= 15 is 0 Å². The van der Waals surface area contributed by atoms with Gasteiger partial charge in [0.2, 0.25) is 0 Å². The predicted octanol–water partition coefficient (Wildman–Crippen LogP) is 7.51. The molecule has 4 nitrogen and oxygen atoms in total. The summed E-state index contributed by atoms with van der Waals surface area (Å²) in [4.78, 5) is 6.41. The molecule has 0 saturated carbocycles. The Morgan fingerprint density at radius 3 is 2.44 bits per heavy atom. The summed E-state index contributed by atoms with van der Waals surface area (Å²) in [6, 6.07) is 5.31. The van der Waals surface area contributed by atoms with Crippen LogP contribution in [0.1, 0.15) is 85.4 Å². The van der Waals surface area contributed by atoms with Gasteiger partial charge in [0.05, 0.1) is 6.04 Å². The van der Waals surface area contributed by atoms with E-state index in [1.54, 1.807) is 12.3 Å². The zero-order valence-electron chi connectivity index (χ0n) is 21.5. The van der Waals surface area contributed by atoms with Gasteiger partial charge in [-0.15, -0.1) is 0 Å². The molecule has 1 unspecified atom stereocenters. The molecule has 0 aliphatic carbocycles. The van der Waals surface area contributed by atoms with E-state index in [4.69, 9.17) is 4.74 Å². The molecule has 1 aliphatic heterocycles. The molecular weight excluding hydrogens is 401 g/mol.